The normalized spacial score (nSPS) is 13.5. The van der Waals surface area contributed by atoms with E-state index >= 15 is 0 Å². The number of aliphatic hydroxyl groups excluding tert-OH is 1. The number of Topliss-reactive ketones (excluding diaryl/α,β-unsaturated/α-hetero) is 1. The molecule has 0 spiro atoms. The lowest BCUT2D eigenvalue weighted by Crippen LogP contribution is -2.29. The highest BCUT2D eigenvalue weighted by Gasteiger charge is 2.27. The average Bonchev–Trinajstić information content (AvgIpc) is 2.59. The van der Waals surface area contributed by atoms with E-state index in [1.807, 2.05) is 24.3 Å². The number of aliphatic hydroxyl groups is 1. The Balaban J connectivity index is 1.67. The van der Waals surface area contributed by atoms with Crippen LogP contribution in [0.4, 0.5) is 0 Å². The largest absolute Gasteiger partial charge is 0.392 e. The first-order chi connectivity index (χ1) is 11.2. The maximum Gasteiger partial charge on any atom is 0.229 e. The first kappa shape index (κ1) is 15.1. The Morgan fingerprint density at radius 2 is 1.78 bits per heavy atom. The molecule has 0 bridgehead atoms. The quantitative estimate of drug-likeness (QED) is 0.858. The molecule has 2 aromatic rings. The highest BCUT2D eigenvalue weighted by Crippen LogP contribution is 2.15. The van der Waals surface area contributed by atoms with Gasteiger partial charge in [0.05, 0.1) is 12.3 Å². The molecule has 6 nitrogen and oxygen atoms in total. The molecule has 0 aliphatic heterocycles. The van der Waals surface area contributed by atoms with E-state index in [1.165, 1.54) is 18.5 Å². The van der Waals surface area contributed by atoms with E-state index in [2.05, 4.69) is 15.3 Å². The number of allylic oxidation sites excluding steroid dienone is 2. The number of aromatic nitrogens is 2. The van der Waals surface area contributed by atoms with Crippen LogP contribution in [0.3, 0.4) is 0 Å². The van der Waals surface area contributed by atoms with Gasteiger partial charge in [0.25, 0.3) is 0 Å². The Morgan fingerprint density at radius 3 is 2.57 bits per heavy atom. The molecule has 3 rings (SSSR count). The van der Waals surface area contributed by atoms with Crippen molar-refractivity contribution in [2.45, 2.75) is 13.0 Å². The van der Waals surface area contributed by atoms with Gasteiger partial charge in [-0.1, -0.05) is 24.3 Å². The van der Waals surface area contributed by atoms with Crippen molar-refractivity contribution in [3.63, 3.8) is 0 Å². The lowest BCUT2D eigenvalue weighted by atomic mass is 10.0. The Kier molecular flexibility index (Phi) is 4.25. The van der Waals surface area contributed by atoms with Crippen molar-refractivity contribution in [3.8, 4) is 0 Å². The predicted octanol–water partition coefficient (Wildman–Crippen LogP) is 1.06. The summed E-state index contributed by atoms with van der Waals surface area (Å²) in [5.41, 5.74) is 2.30. The number of carbonyl (C=O) groups is 2. The molecule has 0 radical (unpaired) electrons. The van der Waals surface area contributed by atoms with Gasteiger partial charge in [-0.2, -0.15) is 0 Å². The monoisotopic (exact) mass is 309 g/mol. The summed E-state index contributed by atoms with van der Waals surface area (Å²) in [6.07, 6.45) is 4.72. The molecule has 0 saturated carbocycles. The summed E-state index contributed by atoms with van der Waals surface area (Å²) in [5.74, 6) is -0.644. The molecule has 0 saturated heterocycles. The number of benzene rings is 1. The van der Waals surface area contributed by atoms with Crippen molar-refractivity contribution in [2.24, 2.45) is 0 Å². The van der Waals surface area contributed by atoms with E-state index in [-0.39, 0.29) is 35.3 Å². The summed E-state index contributed by atoms with van der Waals surface area (Å²) < 4.78 is 0. The van der Waals surface area contributed by atoms with Gasteiger partial charge in [0.2, 0.25) is 11.6 Å². The van der Waals surface area contributed by atoms with Crippen LogP contribution in [0.25, 0.3) is 0 Å². The number of ketones is 2. The molecular weight excluding hydrogens is 294 g/mol. The SMILES string of the molecule is O=C1C=C(NCCc2cccc(CO)c2)C(=O)c2nccnc21. The predicted molar refractivity (Wildman–Crippen MR) is 82.8 cm³/mol. The third kappa shape index (κ3) is 3.17. The van der Waals surface area contributed by atoms with Gasteiger partial charge in [0.15, 0.2) is 0 Å². The van der Waals surface area contributed by atoms with Crippen LogP contribution in [-0.4, -0.2) is 33.2 Å². The standard InChI is InChI=1S/C17H15N3O3/c21-10-12-3-1-2-11(8-12)4-5-18-13-9-14(22)15-16(17(13)23)20-7-6-19-15/h1-3,6-9,18,21H,4-5,10H2. The van der Waals surface area contributed by atoms with Crippen molar-refractivity contribution in [3.05, 3.63) is 70.9 Å². The lowest BCUT2D eigenvalue weighted by Gasteiger charge is -2.14. The second kappa shape index (κ2) is 6.50. The molecule has 0 amide bonds. The molecule has 1 aliphatic carbocycles. The van der Waals surface area contributed by atoms with E-state index in [0.29, 0.717) is 13.0 Å². The fraction of sp³-hybridized carbons (Fsp3) is 0.176. The number of hydrogen-bond acceptors (Lipinski definition) is 6. The second-order valence-electron chi connectivity index (χ2n) is 5.16. The highest BCUT2D eigenvalue weighted by atomic mass is 16.3. The Hall–Kier alpha value is -2.86. The number of nitrogens with zero attached hydrogens (tertiary/aromatic N) is 2. The van der Waals surface area contributed by atoms with Gasteiger partial charge < -0.3 is 10.4 Å². The number of rotatable bonds is 5. The van der Waals surface area contributed by atoms with Crippen molar-refractivity contribution >= 4 is 11.6 Å². The van der Waals surface area contributed by atoms with E-state index < -0.39 is 0 Å². The van der Waals surface area contributed by atoms with Gasteiger partial charge in [-0.15, -0.1) is 0 Å². The molecular formula is C17H15N3O3. The van der Waals surface area contributed by atoms with Crippen LogP contribution in [0.2, 0.25) is 0 Å². The fourth-order valence-electron chi connectivity index (χ4n) is 2.43. The minimum Gasteiger partial charge on any atom is -0.392 e. The molecule has 1 aromatic carbocycles. The zero-order chi connectivity index (χ0) is 16.2. The highest BCUT2D eigenvalue weighted by molar-refractivity contribution is 6.22. The number of carbonyl (C=O) groups excluding carboxylic acids is 2. The van der Waals surface area contributed by atoms with Crippen molar-refractivity contribution in [1.29, 1.82) is 0 Å². The molecule has 1 aromatic heterocycles. The third-order valence-corrected chi connectivity index (χ3v) is 3.57. The second-order valence-corrected chi connectivity index (χ2v) is 5.16. The average molecular weight is 309 g/mol. The van der Waals surface area contributed by atoms with E-state index in [1.54, 1.807) is 0 Å². The molecule has 1 heterocycles. The van der Waals surface area contributed by atoms with Gasteiger partial charge in [0.1, 0.15) is 11.4 Å². The van der Waals surface area contributed by atoms with Crippen molar-refractivity contribution < 1.29 is 14.7 Å². The van der Waals surface area contributed by atoms with E-state index in [9.17, 15) is 9.59 Å². The Bertz CT molecular complexity index is 799. The fourth-order valence-corrected chi connectivity index (χ4v) is 2.43. The Morgan fingerprint density at radius 1 is 1.04 bits per heavy atom. The molecule has 116 valence electrons. The zero-order valence-corrected chi connectivity index (χ0v) is 12.3. The summed E-state index contributed by atoms with van der Waals surface area (Å²) in [6.45, 7) is 0.490. The molecule has 23 heavy (non-hydrogen) atoms. The summed E-state index contributed by atoms with van der Waals surface area (Å²) in [6, 6.07) is 7.58. The first-order valence-electron chi connectivity index (χ1n) is 7.23. The van der Waals surface area contributed by atoms with Crippen LogP contribution in [0, 0.1) is 0 Å². The minimum atomic E-state index is -0.322. The summed E-state index contributed by atoms with van der Waals surface area (Å²) in [7, 11) is 0. The van der Waals surface area contributed by atoms with Crippen LogP contribution < -0.4 is 5.32 Å². The van der Waals surface area contributed by atoms with Crippen molar-refractivity contribution in [2.75, 3.05) is 6.54 Å². The van der Waals surface area contributed by atoms with Crippen molar-refractivity contribution in [1.82, 2.24) is 15.3 Å². The van der Waals surface area contributed by atoms with Gasteiger partial charge in [0, 0.05) is 25.0 Å². The van der Waals surface area contributed by atoms with Gasteiger partial charge in [-0.25, -0.2) is 9.97 Å². The third-order valence-electron chi connectivity index (χ3n) is 3.57. The van der Waals surface area contributed by atoms with E-state index in [0.717, 1.165) is 11.1 Å². The molecule has 2 N–H and O–H groups in total. The first-order valence-corrected chi connectivity index (χ1v) is 7.23. The number of nitrogens with one attached hydrogen (secondary N) is 1. The Labute approximate surface area is 132 Å². The summed E-state index contributed by atoms with van der Waals surface area (Å²) in [5, 5.41) is 12.1. The molecule has 6 heteroatoms. The van der Waals surface area contributed by atoms with Crippen LogP contribution >= 0.6 is 0 Å². The van der Waals surface area contributed by atoms with Gasteiger partial charge in [-0.05, 0) is 17.5 Å². The van der Waals surface area contributed by atoms with Gasteiger partial charge >= 0.3 is 0 Å². The maximum absolute atomic E-state index is 12.3. The van der Waals surface area contributed by atoms with Gasteiger partial charge in [-0.3, -0.25) is 9.59 Å². The smallest absolute Gasteiger partial charge is 0.229 e. The molecule has 1 aliphatic rings. The van der Waals surface area contributed by atoms with Crippen LogP contribution in [0.1, 0.15) is 32.1 Å². The lowest BCUT2D eigenvalue weighted by molar-refractivity contribution is 0.0970. The maximum atomic E-state index is 12.3. The van der Waals surface area contributed by atoms with Crippen LogP contribution in [0.5, 0.6) is 0 Å². The zero-order valence-electron chi connectivity index (χ0n) is 12.3. The number of fused-ring (bicyclic) bond motifs is 1. The van der Waals surface area contributed by atoms with E-state index in [4.69, 9.17) is 5.11 Å². The molecule has 0 atom stereocenters. The minimum absolute atomic E-state index is 0.00510. The number of hydrogen-bond donors (Lipinski definition) is 2. The van der Waals surface area contributed by atoms with Crippen LogP contribution in [-0.2, 0) is 13.0 Å². The molecule has 0 fully saturated rings. The summed E-state index contributed by atoms with van der Waals surface area (Å²) in [4.78, 5) is 32.1. The summed E-state index contributed by atoms with van der Waals surface area (Å²) >= 11 is 0. The van der Waals surface area contributed by atoms with Crippen LogP contribution in [0.15, 0.2) is 48.4 Å². The molecule has 0 unspecified atom stereocenters. The topological polar surface area (TPSA) is 92.2 Å².